The average Bonchev–Trinajstić information content (AvgIpc) is 2.44. The summed E-state index contributed by atoms with van der Waals surface area (Å²) in [6.45, 7) is 4.62. The molecule has 0 radical (unpaired) electrons. The zero-order valence-corrected chi connectivity index (χ0v) is 13.9. The average molecular weight is 350 g/mol. The normalized spacial score (nSPS) is 10.4. The second-order valence-corrected chi connectivity index (χ2v) is 5.92. The number of benzene rings is 2. The third kappa shape index (κ3) is 3.25. The van der Waals surface area contributed by atoms with E-state index in [2.05, 4.69) is 28.6 Å². The fourth-order valence-electron chi connectivity index (χ4n) is 1.99. The number of hydrogen-bond acceptors (Lipinski definition) is 2. The Balaban J connectivity index is 2.38. The molecule has 2 nitrogen and oxygen atoms in total. The number of anilines is 1. The van der Waals surface area contributed by atoms with E-state index >= 15 is 0 Å². The minimum atomic E-state index is -0.0286. The highest BCUT2D eigenvalue weighted by Gasteiger charge is 2.18. The van der Waals surface area contributed by atoms with Crippen LogP contribution in [0.5, 0.6) is 0 Å². The van der Waals surface area contributed by atoms with Crippen molar-refractivity contribution < 1.29 is 4.79 Å². The first kappa shape index (κ1) is 15.1. The van der Waals surface area contributed by atoms with Gasteiger partial charge in [-0.05, 0) is 60.1 Å². The van der Waals surface area contributed by atoms with Crippen LogP contribution in [0.4, 0.5) is 5.69 Å². The third-order valence-corrected chi connectivity index (χ3v) is 4.06. The van der Waals surface area contributed by atoms with E-state index < -0.39 is 0 Å². The predicted molar refractivity (Wildman–Crippen MR) is 89.9 cm³/mol. The molecule has 0 spiro atoms. The molecular formula is C16H16BrNOS. The Bertz CT molecular complexity index is 625. The molecule has 0 saturated heterocycles. The minimum absolute atomic E-state index is 0.0286. The molecule has 2 aromatic carbocycles. The van der Waals surface area contributed by atoms with Gasteiger partial charge in [0, 0.05) is 21.6 Å². The van der Waals surface area contributed by atoms with Gasteiger partial charge in [0.15, 0.2) is 0 Å². The SMILES string of the molecule is CCN(C(=O)c1cc(S)ccc1Br)c1ccc(C)cc1. The second-order valence-electron chi connectivity index (χ2n) is 4.55. The van der Waals surface area contributed by atoms with Crippen LogP contribution in [0, 0.1) is 6.92 Å². The Labute approximate surface area is 133 Å². The summed E-state index contributed by atoms with van der Waals surface area (Å²) >= 11 is 7.73. The Hall–Kier alpha value is -1.26. The topological polar surface area (TPSA) is 20.3 Å². The molecule has 0 unspecified atom stereocenters. The van der Waals surface area contributed by atoms with Crippen molar-refractivity contribution in [2.24, 2.45) is 0 Å². The van der Waals surface area contributed by atoms with Gasteiger partial charge in [0.05, 0.1) is 5.56 Å². The highest BCUT2D eigenvalue weighted by Crippen LogP contribution is 2.24. The van der Waals surface area contributed by atoms with Gasteiger partial charge in [0.25, 0.3) is 5.91 Å². The van der Waals surface area contributed by atoms with Crippen LogP contribution in [0.25, 0.3) is 0 Å². The van der Waals surface area contributed by atoms with Gasteiger partial charge >= 0.3 is 0 Å². The van der Waals surface area contributed by atoms with E-state index in [-0.39, 0.29) is 5.91 Å². The van der Waals surface area contributed by atoms with Crippen LogP contribution in [0.2, 0.25) is 0 Å². The summed E-state index contributed by atoms with van der Waals surface area (Å²) < 4.78 is 0.783. The molecule has 0 atom stereocenters. The van der Waals surface area contributed by atoms with Crippen molar-refractivity contribution in [3.63, 3.8) is 0 Å². The number of thiol groups is 1. The van der Waals surface area contributed by atoms with Crippen LogP contribution in [-0.2, 0) is 0 Å². The maximum absolute atomic E-state index is 12.7. The van der Waals surface area contributed by atoms with E-state index in [4.69, 9.17) is 0 Å². The zero-order valence-electron chi connectivity index (χ0n) is 11.4. The van der Waals surface area contributed by atoms with E-state index in [0.717, 1.165) is 15.1 Å². The summed E-state index contributed by atoms with van der Waals surface area (Å²) in [5, 5.41) is 0. The van der Waals surface area contributed by atoms with Crippen LogP contribution >= 0.6 is 28.6 Å². The highest BCUT2D eigenvalue weighted by molar-refractivity contribution is 9.10. The summed E-state index contributed by atoms with van der Waals surface area (Å²) in [7, 11) is 0. The molecule has 4 heteroatoms. The molecule has 1 amide bonds. The van der Waals surface area contributed by atoms with Crippen LogP contribution < -0.4 is 4.90 Å². The molecule has 0 bridgehead atoms. The van der Waals surface area contributed by atoms with Gasteiger partial charge in [-0.15, -0.1) is 12.6 Å². The molecule has 0 saturated carbocycles. The van der Waals surface area contributed by atoms with E-state index in [0.29, 0.717) is 12.1 Å². The van der Waals surface area contributed by atoms with E-state index in [1.54, 1.807) is 11.0 Å². The van der Waals surface area contributed by atoms with Gasteiger partial charge in [-0.2, -0.15) is 0 Å². The lowest BCUT2D eigenvalue weighted by Crippen LogP contribution is -2.30. The molecule has 0 aromatic heterocycles. The quantitative estimate of drug-likeness (QED) is 0.795. The van der Waals surface area contributed by atoms with Crippen molar-refractivity contribution >= 4 is 40.2 Å². The van der Waals surface area contributed by atoms with Gasteiger partial charge in [-0.25, -0.2) is 0 Å². The van der Waals surface area contributed by atoms with Crippen molar-refractivity contribution in [1.29, 1.82) is 0 Å². The molecule has 20 heavy (non-hydrogen) atoms. The number of carbonyl (C=O) groups is 1. The van der Waals surface area contributed by atoms with Gasteiger partial charge in [0.2, 0.25) is 0 Å². The van der Waals surface area contributed by atoms with Crippen LogP contribution in [0.1, 0.15) is 22.8 Å². The zero-order chi connectivity index (χ0) is 14.7. The molecule has 0 heterocycles. The lowest BCUT2D eigenvalue weighted by Gasteiger charge is -2.22. The summed E-state index contributed by atoms with van der Waals surface area (Å²) in [5.74, 6) is -0.0286. The monoisotopic (exact) mass is 349 g/mol. The van der Waals surface area contributed by atoms with Crippen molar-refractivity contribution in [2.45, 2.75) is 18.7 Å². The predicted octanol–water partition coefficient (Wildman–Crippen LogP) is 4.71. The van der Waals surface area contributed by atoms with Crippen LogP contribution in [0.3, 0.4) is 0 Å². The first-order valence-electron chi connectivity index (χ1n) is 6.40. The number of carbonyl (C=O) groups excluding carboxylic acids is 1. The second kappa shape index (κ2) is 6.46. The lowest BCUT2D eigenvalue weighted by atomic mass is 10.1. The molecule has 0 N–H and O–H groups in total. The van der Waals surface area contributed by atoms with E-state index in [1.807, 2.05) is 50.2 Å². The number of hydrogen-bond donors (Lipinski definition) is 1. The van der Waals surface area contributed by atoms with Crippen LogP contribution in [0.15, 0.2) is 51.8 Å². The summed E-state index contributed by atoms with van der Waals surface area (Å²) in [4.78, 5) is 15.2. The standard InChI is InChI=1S/C16H16BrNOS/c1-3-18(12-6-4-11(2)5-7-12)16(19)14-10-13(20)8-9-15(14)17/h4-10,20H,3H2,1-2H3. The maximum Gasteiger partial charge on any atom is 0.259 e. The molecular weight excluding hydrogens is 334 g/mol. The smallest absolute Gasteiger partial charge is 0.259 e. The van der Waals surface area contributed by atoms with Gasteiger partial charge in [-0.1, -0.05) is 17.7 Å². The molecule has 0 fully saturated rings. The largest absolute Gasteiger partial charge is 0.309 e. The number of rotatable bonds is 3. The Kier molecular flexibility index (Phi) is 4.89. The Morgan fingerprint density at radius 3 is 2.45 bits per heavy atom. The number of nitrogens with zero attached hydrogens (tertiary/aromatic N) is 1. The Morgan fingerprint density at radius 2 is 1.85 bits per heavy atom. The molecule has 104 valence electrons. The fraction of sp³-hybridized carbons (Fsp3) is 0.188. The molecule has 2 rings (SSSR count). The molecule has 0 aliphatic carbocycles. The van der Waals surface area contributed by atoms with E-state index in [1.165, 1.54) is 5.56 Å². The minimum Gasteiger partial charge on any atom is -0.309 e. The first-order chi connectivity index (χ1) is 9.52. The van der Waals surface area contributed by atoms with Crippen molar-refractivity contribution in [1.82, 2.24) is 0 Å². The molecule has 2 aromatic rings. The number of aryl methyl sites for hydroxylation is 1. The van der Waals surface area contributed by atoms with Crippen molar-refractivity contribution in [2.75, 3.05) is 11.4 Å². The maximum atomic E-state index is 12.7. The highest BCUT2D eigenvalue weighted by atomic mass is 79.9. The fourth-order valence-corrected chi connectivity index (χ4v) is 2.61. The summed E-state index contributed by atoms with van der Waals surface area (Å²) in [5.41, 5.74) is 2.70. The van der Waals surface area contributed by atoms with Crippen molar-refractivity contribution in [3.05, 3.63) is 58.1 Å². The van der Waals surface area contributed by atoms with Gasteiger partial charge in [0.1, 0.15) is 0 Å². The summed E-state index contributed by atoms with van der Waals surface area (Å²) in [6, 6.07) is 13.4. The number of halogens is 1. The van der Waals surface area contributed by atoms with E-state index in [9.17, 15) is 4.79 Å². The third-order valence-electron chi connectivity index (χ3n) is 3.09. The van der Waals surface area contributed by atoms with Gasteiger partial charge in [-0.3, -0.25) is 4.79 Å². The first-order valence-corrected chi connectivity index (χ1v) is 7.64. The van der Waals surface area contributed by atoms with Gasteiger partial charge < -0.3 is 4.90 Å². The summed E-state index contributed by atoms with van der Waals surface area (Å²) in [6.07, 6.45) is 0. The van der Waals surface area contributed by atoms with Crippen molar-refractivity contribution in [3.8, 4) is 0 Å². The van der Waals surface area contributed by atoms with Crippen LogP contribution in [-0.4, -0.2) is 12.5 Å². The Morgan fingerprint density at radius 1 is 1.20 bits per heavy atom. The lowest BCUT2D eigenvalue weighted by molar-refractivity contribution is 0.0987. The molecule has 0 aliphatic rings. The number of amides is 1. The molecule has 0 aliphatic heterocycles.